The predicted octanol–water partition coefficient (Wildman–Crippen LogP) is 4.89. The third-order valence-corrected chi connectivity index (χ3v) is 5.05. The van der Waals surface area contributed by atoms with Crippen molar-refractivity contribution < 1.29 is 0 Å². The van der Waals surface area contributed by atoms with Gasteiger partial charge in [0, 0.05) is 28.2 Å². The van der Waals surface area contributed by atoms with E-state index in [2.05, 4.69) is 73.0 Å². The van der Waals surface area contributed by atoms with Crippen LogP contribution in [0, 0.1) is 0 Å². The molecule has 0 bridgehead atoms. The highest BCUT2D eigenvalue weighted by atomic mass is 32.1. The summed E-state index contributed by atoms with van der Waals surface area (Å²) in [5.74, 6) is 0. The second-order valence-electron chi connectivity index (χ2n) is 6.31. The van der Waals surface area contributed by atoms with Gasteiger partial charge in [0.25, 0.3) is 0 Å². The molecule has 4 heteroatoms. The highest BCUT2D eigenvalue weighted by molar-refractivity contribution is 7.13. The molecule has 0 atom stereocenters. The maximum atomic E-state index is 4.79. The Morgan fingerprint density at radius 3 is 2.75 bits per heavy atom. The van der Waals surface area contributed by atoms with Gasteiger partial charge in [-0.05, 0) is 68.7 Å². The van der Waals surface area contributed by atoms with Crippen LogP contribution < -0.4 is 5.32 Å². The van der Waals surface area contributed by atoms with E-state index in [4.69, 9.17) is 4.98 Å². The summed E-state index contributed by atoms with van der Waals surface area (Å²) in [6.07, 6.45) is 2.08. The number of aromatic nitrogens is 1. The Balaban J connectivity index is 1.92. The van der Waals surface area contributed by atoms with E-state index in [1.165, 1.54) is 21.5 Å². The number of nitrogens with one attached hydrogen (secondary N) is 1. The summed E-state index contributed by atoms with van der Waals surface area (Å²) in [5, 5.41) is 6.96. The molecule has 0 aliphatic rings. The van der Waals surface area contributed by atoms with Crippen LogP contribution in [-0.4, -0.2) is 37.1 Å². The Morgan fingerprint density at radius 2 is 2.04 bits per heavy atom. The van der Waals surface area contributed by atoms with E-state index >= 15 is 0 Å². The van der Waals surface area contributed by atoms with E-state index in [9.17, 15) is 0 Å². The van der Waals surface area contributed by atoms with Crippen LogP contribution in [0.25, 0.3) is 21.3 Å². The van der Waals surface area contributed by atoms with Crippen LogP contribution in [0.3, 0.4) is 0 Å². The van der Waals surface area contributed by atoms with Gasteiger partial charge in [0.1, 0.15) is 0 Å². The first kappa shape index (κ1) is 16.9. The lowest BCUT2D eigenvalue weighted by Crippen LogP contribution is -2.16. The van der Waals surface area contributed by atoms with Gasteiger partial charge in [0.15, 0.2) is 0 Å². The van der Waals surface area contributed by atoms with Crippen molar-refractivity contribution in [2.75, 3.05) is 32.5 Å². The van der Waals surface area contributed by atoms with Crippen molar-refractivity contribution in [2.45, 2.75) is 19.8 Å². The zero-order valence-electron chi connectivity index (χ0n) is 14.7. The van der Waals surface area contributed by atoms with Gasteiger partial charge >= 0.3 is 0 Å². The Bertz CT molecular complexity index is 794. The largest absolute Gasteiger partial charge is 0.384 e. The number of anilines is 1. The monoisotopic (exact) mass is 339 g/mol. The standard InChI is InChI=1S/C20H25N3S/c1-4-16-14-19(21-10-6-11-23(2)3)17-13-15(8-9-18(17)22-16)20-7-5-12-24-20/h5,7-9,12-14H,4,6,10-11H2,1-3H3,(H,21,22). The number of thiophene rings is 1. The fourth-order valence-corrected chi connectivity index (χ4v) is 3.55. The zero-order chi connectivity index (χ0) is 16.9. The minimum Gasteiger partial charge on any atom is -0.384 e. The van der Waals surface area contributed by atoms with E-state index in [1.54, 1.807) is 11.3 Å². The third kappa shape index (κ3) is 3.94. The van der Waals surface area contributed by atoms with Gasteiger partial charge in [-0.1, -0.05) is 19.1 Å². The third-order valence-electron chi connectivity index (χ3n) is 4.13. The van der Waals surface area contributed by atoms with Gasteiger partial charge in [0.05, 0.1) is 5.52 Å². The summed E-state index contributed by atoms with van der Waals surface area (Å²) in [5.41, 5.74) is 4.68. The molecule has 0 saturated carbocycles. The van der Waals surface area contributed by atoms with Gasteiger partial charge in [-0.25, -0.2) is 0 Å². The highest BCUT2D eigenvalue weighted by Crippen LogP contribution is 2.31. The van der Waals surface area contributed by atoms with E-state index in [0.717, 1.165) is 37.1 Å². The fourth-order valence-electron chi connectivity index (χ4n) is 2.82. The molecule has 2 aromatic heterocycles. The SMILES string of the molecule is CCc1cc(NCCCN(C)C)c2cc(-c3cccs3)ccc2n1. The summed E-state index contributed by atoms with van der Waals surface area (Å²) in [6.45, 7) is 4.23. The van der Waals surface area contributed by atoms with Crippen molar-refractivity contribution in [3.05, 3.63) is 47.5 Å². The molecule has 0 fully saturated rings. The van der Waals surface area contributed by atoms with Crippen LogP contribution in [0.4, 0.5) is 5.69 Å². The van der Waals surface area contributed by atoms with Crippen LogP contribution in [0.5, 0.6) is 0 Å². The van der Waals surface area contributed by atoms with Gasteiger partial charge in [-0.15, -0.1) is 11.3 Å². The number of hydrogen-bond acceptors (Lipinski definition) is 4. The molecule has 0 saturated heterocycles. The van der Waals surface area contributed by atoms with Gasteiger partial charge in [-0.2, -0.15) is 0 Å². The maximum Gasteiger partial charge on any atom is 0.0726 e. The van der Waals surface area contributed by atoms with Crippen LogP contribution in [-0.2, 0) is 6.42 Å². The van der Waals surface area contributed by atoms with Crippen molar-refractivity contribution in [1.29, 1.82) is 0 Å². The van der Waals surface area contributed by atoms with Crippen LogP contribution >= 0.6 is 11.3 Å². The molecule has 24 heavy (non-hydrogen) atoms. The smallest absolute Gasteiger partial charge is 0.0726 e. The lowest BCUT2D eigenvalue weighted by molar-refractivity contribution is 0.405. The van der Waals surface area contributed by atoms with Gasteiger partial charge in [-0.3, -0.25) is 4.98 Å². The predicted molar refractivity (Wildman–Crippen MR) is 106 cm³/mol. The van der Waals surface area contributed by atoms with E-state index in [-0.39, 0.29) is 0 Å². The molecule has 1 N–H and O–H groups in total. The number of fused-ring (bicyclic) bond motifs is 1. The van der Waals surface area contributed by atoms with E-state index < -0.39 is 0 Å². The van der Waals surface area contributed by atoms with Crippen molar-refractivity contribution in [3.8, 4) is 10.4 Å². The van der Waals surface area contributed by atoms with E-state index in [1.807, 2.05) is 0 Å². The number of benzene rings is 1. The minimum atomic E-state index is 0.953. The van der Waals surface area contributed by atoms with Crippen LogP contribution in [0.15, 0.2) is 41.8 Å². The fraction of sp³-hybridized carbons (Fsp3) is 0.350. The van der Waals surface area contributed by atoms with Crippen LogP contribution in [0.2, 0.25) is 0 Å². The number of pyridine rings is 1. The van der Waals surface area contributed by atoms with Crippen molar-refractivity contribution in [3.63, 3.8) is 0 Å². The summed E-state index contributed by atoms with van der Waals surface area (Å²) >= 11 is 1.78. The second-order valence-corrected chi connectivity index (χ2v) is 7.26. The molecular weight excluding hydrogens is 314 g/mol. The normalized spacial score (nSPS) is 11.3. The molecule has 3 nitrogen and oxygen atoms in total. The highest BCUT2D eigenvalue weighted by Gasteiger charge is 2.08. The molecule has 3 rings (SSSR count). The Morgan fingerprint density at radius 1 is 1.17 bits per heavy atom. The average molecular weight is 340 g/mol. The minimum absolute atomic E-state index is 0.953. The summed E-state index contributed by atoms with van der Waals surface area (Å²) < 4.78 is 0. The Hall–Kier alpha value is -1.91. The molecule has 1 aromatic carbocycles. The molecule has 126 valence electrons. The molecule has 3 aromatic rings. The summed E-state index contributed by atoms with van der Waals surface area (Å²) in [6, 6.07) is 13.1. The topological polar surface area (TPSA) is 28.2 Å². The maximum absolute atomic E-state index is 4.79. The molecule has 0 spiro atoms. The average Bonchev–Trinajstić information content (AvgIpc) is 3.12. The van der Waals surface area contributed by atoms with Crippen molar-refractivity contribution >= 4 is 27.9 Å². The summed E-state index contributed by atoms with van der Waals surface area (Å²) in [7, 11) is 4.23. The van der Waals surface area contributed by atoms with Crippen LogP contribution in [0.1, 0.15) is 19.0 Å². The zero-order valence-corrected chi connectivity index (χ0v) is 15.5. The first-order chi connectivity index (χ1) is 11.7. The second kappa shape index (κ2) is 7.77. The lowest BCUT2D eigenvalue weighted by atomic mass is 10.1. The number of hydrogen-bond donors (Lipinski definition) is 1. The molecule has 0 aliphatic carbocycles. The molecule has 0 aliphatic heterocycles. The lowest BCUT2D eigenvalue weighted by Gasteiger charge is -2.14. The Labute approximate surface area is 148 Å². The molecule has 2 heterocycles. The summed E-state index contributed by atoms with van der Waals surface area (Å²) in [4.78, 5) is 8.31. The molecule has 0 amide bonds. The van der Waals surface area contributed by atoms with Gasteiger partial charge in [0.2, 0.25) is 0 Å². The van der Waals surface area contributed by atoms with Crippen molar-refractivity contribution in [1.82, 2.24) is 9.88 Å². The first-order valence-electron chi connectivity index (χ1n) is 8.53. The number of nitrogens with zero attached hydrogens (tertiary/aromatic N) is 2. The first-order valence-corrected chi connectivity index (χ1v) is 9.41. The molecular formula is C20H25N3S. The molecule has 0 radical (unpaired) electrons. The van der Waals surface area contributed by atoms with E-state index in [0.29, 0.717) is 0 Å². The quantitative estimate of drug-likeness (QED) is 0.621. The number of rotatable bonds is 7. The van der Waals surface area contributed by atoms with Gasteiger partial charge < -0.3 is 10.2 Å². The Kier molecular flexibility index (Phi) is 5.48. The number of aryl methyl sites for hydroxylation is 1. The van der Waals surface area contributed by atoms with Crippen molar-refractivity contribution in [2.24, 2.45) is 0 Å². The molecule has 0 unspecified atom stereocenters.